The third-order valence-corrected chi connectivity index (χ3v) is 6.19. The highest BCUT2D eigenvalue weighted by Crippen LogP contribution is 2.41. The first kappa shape index (κ1) is 16.8. The molecule has 0 bridgehead atoms. The first-order valence-corrected chi connectivity index (χ1v) is 10.2. The largest absolute Gasteiger partial charge is 0.461 e. The van der Waals surface area contributed by atoms with Crippen molar-refractivity contribution in [1.29, 1.82) is 0 Å². The SMILES string of the molecule is O[C@@H]1[C@H]2OC(=C3CCCCC3)O[C@H]2O[C@@H]1C1COC(=C2CCCCC2)O1. The molecule has 26 heavy (non-hydrogen) atoms. The van der Waals surface area contributed by atoms with Gasteiger partial charge in [-0.2, -0.15) is 0 Å². The van der Waals surface area contributed by atoms with E-state index in [0.29, 0.717) is 18.5 Å². The lowest BCUT2D eigenvalue weighted by molar-refractivity contribution is -0.132. The van der Waals surface area contributed by atoms with E-state index in [-0.39, 0.29) is 6.10 Å². The minimum absolute atomic E-state index is 0.307. The van der Waals surface area contributed by atoms with Gasteiger partial charge >= 0.3 is 0 Å². The number of allylic oxidation sites excluding steroid dienone is 2. The van der Waals surface area contributed by atoms with Gasteiger partial charge in [0.15, 0.2) is 12.2 Å². The van der Waals surface area contributed by atoms with Gasteiger partial charge in [0.25, 0.3) is 11.9 Å². The fourth-order valence-electron chi connectivity index (χ4n) is 4.69. The van der Waals surface area contributed by atoms with Gasteiger partial charge in [0.05, 0.1) is 0 Å². The van der Waals surface area contributed by atoms with Crippen molar-refractivity contribution in [1.82, 2.24) is 0 Å². The molecular formula is C20H28O6. The second-order valence-electron chi connectivity index (χ2n) is 8.03. The molecule has 0 amide bonds. The van der Waals surface area contributed by atoms with Crippen molar-refractivity contribution in [2.24, 2.45) is 0 Å². The highest BCUT2D eigenvalue weighted by molar-refractivity contribution is 5.12. The van der Waals surface area contributed by atoms with Gasteiger partial charge in [0.1, 0.15) is 18.8 Å². The number of rotatable bonds is 1. The van der Waals surface area contributed by atoms with Gasteiger partial charge in [-0.3, -0.25) is 0 Å². The molecule has 0 aromatic heterocycles. The molecule has 1 unspecified atom stereocenters. The minimum atomic E-state index is -0.772. The van der Waals surface area contributed by atoms with Crippen LogP contribution in [0, 0.1) is 0 Å². The minimum Gasteiger partial charge on any atom is -0.461 e. The van der Waals surface area contributed by atoms with Crippen LogP contribution in [-0.4, -0.2) is 42.4 Å². The normalized spacial score (nSPS) is 40.0. The third kappa shape index (κ3) is 2.97. The molecule has 2 saturated carbocycles. The van der Waals surface area contributed by atoms with Crippen molar-refractivity contribution in [3.63, 3.8) is 0 Å². The fourth-order valence-corrected chi connectivity index (χ4v) is 4.69. The Morgan fingerprint density at radius 2 is 1.35 bits per heavy atom. The molecule has 3 heterocycles. The van der Waals surface area contributed by atoms with Crippen LogP contribution in [0.2, 0.25) is 0 Å². The molecule has 0 spiro atoms. The van der Waals surface area contributed by atoms with Crippen molar-refractivity contribution >= 4 is 0 Å². The van der Waals surface area contributed by atoms with E-state index in [1.54, 1.807) is 0 Å². The van der Waals surface area contributed by atoms with Crippen molar-refractivity contribution in [2.75, 3.05) is 6.61 Å². The van der Waals surface area contributed by atoms with Crippen LogP contribution in [-0.2, 0) is 23.7 Å². The number of fused-ring (bicyclic) bond motifs is 1. The van der Waals surface area contributed by atoms with E-state index < -0.39 is 24.6 Å². The highest BCUT2D eigenvalue weighted by Gasteiger charge is 2.56. The highest BCUT2D eigenvalue weighted by atomic mass is 16.8. The van der Waals surface area contributed by atoms with Crippen LogP contribution in [0.5, 0.6) is 0 Å². The van der Waals surface area contributed by atoms with Crippen LogP contribution < -0.4 is 0 Å². The molecule has 5 atom stereocenters. The van der Waals surface area contributed by atoms with Gasteiger partial charge in [-0.1, -0.05) is 12.8 Å². The Morgan fingerprint density at radius 1 is 0.692 bits per heavy atom. The molecule has 3 saturated heterocycles. The summed E-state index contributed by atoms with van der Waals surface area (Å²) >= 11 is 0. The first-order valence-electron chi connectivity index (χ1n) is 10.2. The molecular weight excluding hydrogens is 336 g/mol. The predicted molar refractivity (Wildman–Crippen MR) is 91.7 cm³/mol. The molecule has 144 valence electrons. The molecule has 0 aromatic carbocycles. The predicted octanol–water partition coefficient (Wildman–Crippen LogP) is 3.25. The Morgan fingerprint density at radius 3 is 2.00 bits per heavy atom. The third-order valence-electron chi connectivity index (χ3n) is 6.19. The lowest BCUT2D eigenvalue weighted by Gasteiger charge is -2.22. The molecule has 3 aliphatic heterocycles. The maximum absolute atomic E-state index is 10.7. The Hall–Kier alpha value is -1.40. The number of aliphatic hydroxyl groups excluding tert-OH is 1. The molecule has 5 rings (SSSR count). The van der Waals surface area contributed by atoms with Gasteiger partial charge in [-0.25, -0.2) is 0 Å². The number of hydrogen-bond acceptors (Lipinski definition) is 6. The molecule has 5 fully saturated rings. The monoisotopic (exact) mass is 364 g/mol. The van der Waals surface area contributed by atoms with Gasteiger partial charge in [0.2, 0.25) is 6.29 Å². The molecule has 0 radical (unpaired) electrons. The smallest absolute Gasteiger partial charge is 0.281 e. The van der Waals surface area contributed by atoms with Gasteiger partial charge in [0, 0.05) is 11.1 Å². The van der Waals surface area contributed by atoms with E-state index in [1.165, 1.54) is 49.7 Å². The van der Waals surface area contributed by atoms with Crippen LogP contribution in [0.1, 0.15) is 64.2 Å². The second kappa shape index (κ2) is 6.97. The average Bonchev–Trinajstić information content (AvgIpc) is 3.40. The molecule has 6 nitrogen and oxygen atoms in total. The molecule has 5 aliphatic rings. The summed E-state index contributed by atoms with van der Waals surface area (Å²) in [5.74, 6) is 1.25. The van der Waals surface area contributed by atoms with Crippen molar-refractivity contribution < 1.29 is 28.8 Å². The van der Waals surface area contributed by atoms with Crippen LogP contribution in [0.25, 0.3) is 0 Å². The number of ether oxygens (including phenoxy) is 5. The van der Waals surface area contributed by atoms with Crippen molar-refractivity contribution in [2.45, 2.75) is 94.9 Å². The van der Waals surface area contributed by atoms with Crippen molar-refractivity contribution in [3.8, 4) is 0 Å². The van der Waals surface area contributed by atoms with E-state index in [4.69, 9.17) is 23.7 Å². The van der Waals surface area contributed by atoms with Crippen LogP contribution in [0.15, 0.2) is 23.0 Å². The van der Waals surface area contributed by atoms with E-state index in [9.17, 15) is 5.11 Å². The van der Waals surface area contributed by atoms with Gasteiger partial charge < -0.3 is 28.8 Å². The summed E-state index contributed by atoms with van der Waals surface area (Å²) in [7, 11) is 0. The maximum Gasteiger partial charge on any atom is 0.281 e. The molecule has 6 heteroatoms. The summed E-state index contributed by atoms with van der Waals surface area (Å²) in [4.78, 5) is 0. The Bertz CT molecular complexity index is 595. The zero-order chi connectivity index (χ0) is 17.5. The maximum atomic E-state index is 10.7. The van der Waals surface area contributed by atoms with E-state index in [2.05, 4.69) is 0 Å². The quantitative estimate of drug-likeness (QED) is 0.770. The van der Waals surface area contributed by atoms with Crippen LogP contribution >= 0.6 is 0 Å². The van der Waals surface area contributed by atoms with E-state index in [1.807, 2.05) is 0 Å². The summed E-state index contributed by atoms with van der Waals surface area (Å²) in [5.41, 5.74) is 2.49. The molecule has 2 aliphatic carbocycles. The van der Waals surface area contributed by atoms with E-state index >= 15 is 0 Å². The lowest BCUT2D eigenvalue weighted by Crippen LogP contribution is -2.40. The zero-order valence-electron chi connectivity index (χ0n) is 15.2. The van der Waals surface area contributed by atoms with E-state index in [0.717, 1.165) is 25.7 Å². The Balaban J connectivity index is 1.24. The summed E-state index contributed by atoms with van der Waals surface area (Å²) in [6, 6.07) is 0. The standard InChI is InChI=1S/C20H28O6/c21-15-16(14-11-22-18(23-14)12-7-3-1-4-8-12)24-20-17(15)25-19(26-20)13-9-5-2-6-10-13/h14-17,20-21H,1-11H2/t14?,15-,16+,17+,20+/m0/s1. The number of hydrogen-bond donors (Lipinski definition) is 1. The van der Waals surface area contributed by atoms with Crippen LogP contribution in [0.4, 0.5) is 0 Å². The molecule has 1 N–H and O–H groups in total. The van der Waals surface area contributed by atoms with Crippen LogP contribution in [0.3, 0.4) is 0 Å². The first-order chi connectivity index (χ1) is 12.8. The summed E-state index contributed by atoms with van der Waals surface area (Å²) < 4.78 is 29.6. The van der Waals surface area contributed by atoms with Gasteiger partial charge in [-0.05, 0) is 51.4 Å². The summed E-state index contributed by atoms with van der Waals surface area (Å²) in [6.45, 7) is 0.411. The van der Waals surface area contributed by atoms with Crippen molar-refractivity contribution in [3.05, 3.63) is 23.0 Å². The lowest BCUT2D eigenvalue weighted by atomic mass is 9.95. The zero-order valence-corrected chi connectivity index (χ0v) is 15.2. The average molecular weight is 364 g/mol. The second-order valence-corrected chi connectivity index (χ2v) is 8.03. The number of aliphatic hydroxyl groups is 1. The Kier molecular flexibility index (Phi) is 4.49. The summed E-state index contributed by atoms with van der Waals surface area (Å²) in [6.07, 6.45) is 8.84. The topological polar surface area (TPSA) is 66.4 Å². The Labute approximate surface area is 154 Å². The summed E-state index contributed by atoms with van der Waals surface area (Å²) in [5, 5.41) is 10.7. The fraction of sp³-hybridized carbons (Fsp3) is 0.800. The van der Waals surface area contributed by atoms with Gasteiger partial charge in [-0.15, -0.1) is 0 Å². The molecule has 0 aromatic rings.